The average molecular weight is 539 g/mol. The third-order valence-corrected chi connectivity index (χ3v) is 5.12. The van der Waals surface area contributed by atoms with Crippen LogP contribution in [-0.2, 0) is 23.0 Å². The molecule has 0 saturated carbocycles. The van der Waals surface area contributed by atoms with E-state index in [1.165, 1.54) is 12.1 Å². The molecule has 2 aromatic carbocycles. The predicted molar refractivity (Wildman–Crippen MR) is 123 cm³/mol. The van der Waals surface area contributed by atoms with Crippen molar-refractivity contribution < 1.29 is 13.2 Å². The monoisotopic (exact) mass is 538 g/mol. The molecular weight excluding hydrogens is 515 g/mol. The lowest BCUT2D eigenvalue weighted by molar-refractivity contribution is 0.414. The number of ether oxygens (including phenoxy) is 1. The summed E-state index contributed by atoms with van der Waals surface area (Å²) >= 11 is 6.24. The lowest BCUT2D eigenvalue weighted by Gasteiger charge is -2.13. The van der Waals surface area contributed by atoms with Gasteiger partial charge in [0.15, 0.2) is 5.96 Å². The van der Waals surface area contributed by atoms with Crippen LogP contribution in [0, 0.1) is 0 Å². The molecule has 2 rings (SSSR count). The first-order valence-electron chi connectivity index (χ1n) is 8.22. The number of hydrogen-bond acceptors (Lipinski definition) is 4. The van der Waals surface area contributed by atoms with E-state index in [1.54, 1.807) is 26.3 Å². The molecule has 28 heavy (non-hydrogen) atoms. The normalized spacial score (nSPS) is 11.5. The third kappa shape index (κ3) is 7.46. The van der Waals surface area contributed by atoms with Crippen LogP contribution in [-0.4, -0.2) is 35.1 Å². The van der Waals surface area contributed by atoms with Gasteiger partial charge in [0.05, 0.1) is 12.0 Å². The van der Waals surface area contributed by atoms with Crippen LogP contribution in [0.15, 0.2) is 52.4 Å². The van der Waals surface area contributed by atoms with Gasteiger partial charge in [-0.1, -0.05) is 29.8 Å². The van der Waals surface area contributed by atoms with Crippen molar-refractivity contribution in [2.45, 2.75) is 17.9 Å². The largest absolute Gasteiger partial charge is 0.497 e. The van der Waals surface area contributed by atoms with Crippen molar-refractivity contribution in [2.75, 3.05) is 20.7 Å². The van der Waals surface area contributed by atoms with Gasteiger partial charge in [-0.25, -0.2) is 13.6 Å². The zero-order chi connectivity index (χ0) is 19.9. The van der Waals surface area contributed by atoms with E-state index in [1.807, 2.05) is 18.2 Å². The Bertz CT molecular complexity index is 923. The summed E-state index contributed by atoms with van der Waals surface area (Å²) in [5, 5.41) is 12.1. The summed E-state index contributed by atoms with van der Waals surface area (Å²) in [4.78, 5) is 4.24. The molecule has 0 aliphatic rings. The number of sulfonamides is 1. The van der Waals surface area contributed by atoms with Gasteiger partial charge in [-0.05, 0) is 41.8 Å². The maximum Gasteiger partial charge on any atom is 0.238 e. The highest BCUT2D eigenvalue weighted by Crippen LogP contribution is 2.22. The first kappa shape index (κ1) is 24.5. The Morgan fingerprint density at radius 2 is 1.96 bits per heavy atom. The second-order valence-corrected chi connectivity index (χ2v) is 7.72. The summed E-state index contributed by atoms with van der Waals surface area (Å²) in [6.07, 6.45) is 0.713. The number of aliphatic imine (C=N–C) groups is 1. The number of rotatable bonds is 7. The van der Waals surface area contributed by atoms with E-state index in [4.69, 9.17) is 21.5 Å². The number of nitrogens with zero attached hydrogens (tertiary/aromatic N) is 1. The summed E-state index contributed by atoms with van der Waals surface area (Å²) in [7, 11) is -0.457. The summed E-state index contributed by atoms with van der Waals surface area (Å²) < 4.78 is 28.0. The molecule has 4 N–H and O–H groups in total. The number of nitrogens with two attached hydrogens (primary N) is 1. The Morgan fingerprint density at radius 3 is 2.57 bits per heavy atom. The zero-order valence-electron chi connectivity index (χ0n) is 15.6. The van der Waals surface area contributed by atoms with E-state index in [9.17, 15) is 8.42 Å². The average Bonchev–Trinajstić information content (AvgIpc) is 2.65. The minimum Gasteiger partial charge on any atom is -0.497 e. The van der Waals surface area contributed by atoms with E-state index in [0.717, 1.165) is 16.9 Å². The molecule has 0 atom stereocenters. The highest BCUT2D eigenvalue weighted by Gasteiger charge is 2.08. The van der Waals surface area contributed by atoms with E-state index in [0.29, 0.717) is 30.5 Å². The van der Waals surface area contributed by atoms with Crippen molar-refractivity contribution in [3.05, 3.63) is 58.6 Å². The summed E-state index contributed by atoms with van der Waals surface area (Å²) in [5.74, 6) is 1.32. The van der Waals surface area contributed by atoms with Gasteiger partial charge in [0.25, 0.3) is 0 Å². The van der Waals surface area contributed by atoms with Gasteiger partial charge in [-0.15, -0.1) is 24.0 Å². The fraction of sp³-hybridized carbons (Fsp3) is 0.278. The summed E-state index contributed by atoms with van der Waals surface area (Å²) in [6, 6.07) is 12.0. The number of benzene rings is 2. The molecule has 0 aromatic heterocycles. The molecule has 2 aromatic rings. The van der Waals surface area contributed by atoms with Gasteiger partial charge in [0, 0.05) is 25.2 Å². The van der Waals surface area contributed by atoms with Gasteiger partial charge in [-0.3, -0.25) is 4.99 Å². The first-order chi connectivity index (χ1) is 12.8. The minimum atomic E-state index is -3.72. The molecule has 0 aliphatic carbocycles. The van der Waals surface area contributed by atoms with Crippen LogP contribution in [0.5, 0.6) is 5.75 Å². The molecule has 0 unspecified atom stereocenters. The fourth-order valence-corrected chi connectivity index (χ4v) is 3.26. The lowest BCUT2D eigenvalue weighted by Crippen LogP contribution is -2.37. The van der Waals surface area contributed by atoms with Crippen molar-refractivity contribution in [3.8, 4) is 5.75 Å². The fourth-order valence-electron chi connectivity index (χ4n) is 2.41. The molecule has 154 valence electrons. The maximum absolute atomic E-state index is 11.4. The zero-order valence-corrected chi connectivity index (χ0v) is 19.5. The number of primary sulfonamides is 1. The molecule has 0 saturated heterocycles. The van der Waals surface area contributed by atoms with Gasteiger partial charge in [0.2, 0.25) is 10.0 Å². The van der Waals surface area contributed by atoms with Crippen molar-refractivity contribution in [1.82, 2.24) is 10.6 Å². The van der Waals surface area contributed by atoms with Crippen LogP contribution in [0.25, 0.3) is 0 Å². The number of nitrogens with one attached hydrogen (secondary N) is 2. The van der Waals surface area contributed by atoms with Gasteiger partial charge in [-0.2, -0.15) is 0 Å². The van der Waals surface area contributed by atoms with Crippen molar-refractivity contribution in [2.24, 2.45) is 10.1 Å². The molecule has 7 nitrogen and oxygen atoms in total. The molecule has 0 aliphatic heterocycles. The Hall–Kier alpha value is -1.56. The molecular formula is C18H24ClIN4O3S. The Kier molecular flexibility index (Phi) is 10.0. The van der Waals surface area contributed by atoms with E-state index >= 15 is 0 Å². The smallest absolute Gasteiger partial charge is 0.238 e. The molecule has 0 radical (unpaired) electrons. The standard InChI is InChI=1S/C18H23ClN4O3S.HI/c1-21-18(22-9-8-14-6-7-15(26-2)11-17(14)19)23-12-13-4-3-5-16(10-13)27(20,24)25;/h3-7,10-11H,8-9,12H2,1-2H3,(H2,20,24,25)(H2,21,22,23);1H. The van der Waals surface area contributed by atoms with Crippen LogP contribution in [0.1, 0.15) is 11.1 Å². The summed E-state index contributed by atoms with van der Waals surface area (Å²) in [5.41, 5.74) is 1.78. The molecule has 0 bridgehead atoms. The van der Waals surface area contributed by atoms with Crippen LogP contribution in [0.2, 0.25) is 5.02 Å². The second-order valence-electron chi connectivity index (χ2n) is 5.75. The third-order valence-electron chi connectivity index (χ3n) is 3.86. The maximum atomic E-state index is 11.4. The molecule has 10 heteroatoms. The SMILES string of the molecule is CN=C(NCCc1ccc(OC)cc1Cl)NCc1cccc(S(N)(=O)=O)c1.I. The topological polar surface area (TPSA) is 106 Å². The Labute approximate surface area is 187 Å². The van der Waals surface area contributed by atoms with Gasteiger partial charge in [0.1, 0.15) is 5.75 Å². The van der Waals surface area contributed by atoms with Gasteiger partial charge < -0.3 is 15.4 Å². The number of hydrogen-bond donors (Lipinski definition) is 3. The van der Waals surface area contributed by atoms with E-state index in [-0.39, 0.29) is 28.9 Å². The Balaban J connectivity index is 0.00000392. The molecule has 0 heterocycles. The predicted octanol–water partition coefficient (Wildman–Crippen LogP) is 2.52. The van der Waals surface area contributed by atoms with Crippen molar-refractivity contribution in [1.29, 1.82) is 0 Å². The van der Waals surface area contributed by atoms with Crippen LogP contribution < -0.4 is 20.5 Å². The molecule has 0 amide bonds. The lowest BCUT2D eigenvalue weighted by atomic mass is 10.1. The highest BCUT2D eigenvalue weighted by atomic mass is 127. The van der Waals surface area contributed by atoms with Crippen molar-refractivity contribution in [3.63, 3.8) is 0 Å². The summed E-state index contributed by atoms with van der Waals surface area (Å²) in [6.45, 7) is 1.04. The number of guanidine groups is 1. The highest BCUT2D eigenvalue weighted by molar-refractivity contribution is 14.0. The van der Waals surface area contributed by atoms with E-state index in [2.05, 4.69) is 15.6 Å². The second kappa shape index (κ2) is 11.4. The molecule has 0 fully saturated rings. The minimum absolute atomic E-state index is 0. The van der Waals surface area contributed by atoms with Crippen LogP contribution in [0.4, 0.5) is 0 Å². The van der Waals surface area contributed by atoms with Crippen molar-refractivity contribution >= 4 is 51.6 Å². The molecule has 0 spiro atoms. The number of methoxy groups -OCH3 is 1. The van der Waals surface area contributed by atoms with Crippen LogP contribution >= 0.6 is 35.6 Å². The first-order valence-corrected chi connectivity index (χ1v) is 10.1. The van der Waals surface area contributed by atoms with E-state index < -0.39 is 10.0 Å². The quantitative estimate of drug-likeness (QED) is 0.285. The number of halogens is 2. The van der Waals surface area contributed by atoms with Gasteiger partial charge >= 0.3 is 0 Å². The Morgan fingerprint density at radius 1 is 1.21 bits per heavy atom. The van der Waals surface area contributed by atoms with Crippen LogP contribution in [0.3, 0.4) is 0 Å².